The van der Waals surface area contributed by atoms with Crippen LogP contribution in [-0.2, 0) is 4.79 Å². The van der Waals surface area contributed by atoms with E-state index in [4.69, 9.17) is 9.47 Å². The quantitative estimate of drug-likeness (QED) is 0.706. The van der Waals surface area contributed by atoms with Crippen LogP contribution in [0.15, 0.2) is 54.6 Å². The Balaban J connectivity index is 2.12. The van der Waals surface area contributed by atoms with Crippen molar-refractivity contribution < 1.29 is 14.3 Å². The molecule has 0 unspecified atom stereocenters. The molecule has 2 atom stereocenters. The third-order valence-corrected chi connectivity index (χ3v) is 4.23. The van der Waals surface area contributed by atoms with Crippen LogP contribution < -0.4 is 14.8 Å². The van der Waals surface area contributed by atoms with Crippen molar-refractivity contribution in [1.29, 1.82) is 0 Å². The summed E-state index contributed by atoms with van der Waals surface area (Å²) in [5.41, 5.74) is 1.11. The first-order chi connectivity index (χ1) is 12.5. The predicted octanol–water partition coefficient (Wildman–Crippen LogP) is 4.76. The second-order valence-corrected chi connectivity index (χ2v) is 6.77. The van der Waals surface area contributed by atoms with Crippen molar-refractivity contribution in [3.8, 4) is 11.5 Å². The van der Waals surface area contributed by atoms with Gasteiger partial charge in [-0.2, -0.15) is 0 Å². The fourth-order valence-corrected chi connectivity index (χ4v) is 2.89. The lowest BCUT2D eigenvalue weighted by Crippen LogP contribution is -2.40. The van der Waals surface area contributed by atoms with Crippen molar-refractivity contribution in [3.63, 3.8) is 0 Å². The molecule has 0 saturated carbocycles. The number of amides is 1. The molecule has 0 heterocycles. The van der Waals surface area contributed by atoms with E-state index in [-0.39, 0.29) is 11.9 Å². The van der Waals surface area contributed by atoms with Crippen molar-refractivity contribution in [1.82, 2.24) is 5.32 Å². The molecule has 2 rings (SSSR count). The van der Waals surface area contributed by atoms with Gasteiger partial charge in [-0.15, -0.1) is 0 Å². The largest absolute Gasteiger partial charge is 0.493 e. The number of hydrogen-bond donors (Lipinski definition) is 1. The number of ether oxygens (including phenoxy) is 2. The van der Waals surface area contributed by atoms with Crippen LogP contribution in [0.1, 0.15) is 45.2 Å². The van der Waals surface area contributed by atoms with Gasteiger partial charge in [0.25, 0.3) is 5.91 Å². The van der Waals surface area contributed by atoms with Crippen LogP contribution in [0.3, 0.4) is 0 Å². The molecule has 0 bridgehead atoms. The van der Waals surface area contributed by atoms with Crippen molar-refractivity contribution in [3.05, 3.63) is 60.2 Å². The minimum Gasteiger partial charge on any atom is -0.493 e. The van der Waals surface area contributed by atoms with E-state index in [0.29, 0.717) is 23.8 Å². The summed E-state index contributed by atoms with van der Waals surface area (Å²) in [4.78, 5) is 12.9. The predicted molar refractivity (Wildman–Crippen MR) is 104 cm³/mol. The van der Waals surface area contributed by atoms with Gasteiger partial charge in [0, 0.05) is 0 Å². The highest BCUT2D eigenvalue weighted by Gasteiger charge is 2.24. The maximum Gasteiger partial charge on any atom is 0.261 e. The van der Waals surface area contributed by atoms with Crippen LogP contribution in [0, 0.1) is 5.92 Å². The molecule has 4 nitrogen and oxygen atoms in total. The lowest BCUT2D eigenvalue weighted by atomic mass is 9.96. The fourth-order valence-electron chi connectivity index (χ4n) is 2.89. The minimum atomic E-state index is -0.565. The zero-order chi connectivity index (χ0) is 18.9. The Morgan fingerprint density at radius 3 is 2.19 bits per heavy atom. The van der Waals surface area contributed by atoms with E-state index < -0.39 is 6.10 Å². The first-order valence-corrected chi connectivity index (χ1v) is 9.20. The molecule has 0 saturated heterocycles. The number of methoxy groups -OCH3 is 1. The standard InChI is InChI=1S/C22H29NO3/c1-5-19(26-21-14-10-9-13-20(21)25-4)22(24)23-18(15-16(2)3)17-11-7-6-8-12-17/h6-14,16,18-19H,5,15H2,1-4H3,(H,23,24)/t18-,19+/m0/s1. The second-order valence-electron chi connectivity index (χ2n) is 6.77. The molecule has 0 aliphatic rings. The Morgan fingerprint density at radius 2 is 1.62 bits per heavy atom. The van der Waals surface area contributed by atoms with E-state index in [9.17, 15) is 4.79 Å². The second kappa shape index (κ2) is 9.85. The Bertz CT molecular complexity index is 685. The molecule has 1 N–H and O–H groups in total. The van der Waals surface area contributed by atoms with Gasteiger partial charge in [-0.25, -0.2) is 0 Å². The average Bonchev–Trinajstić information content (AvgIpc) is 2.66. The summed E-state index contributed by atoms with van der Waals surface area (Å²) < 4.78 is 11.3. The number of benzene rings is 2. The van der Waals surface area contributed by atoms with Gasteiger partial charge in [-0.1, -0.05) is 63.2 Å². The number of rotatable bonds is 9. The molecular weight excluding hydrogens is 326 g/mol. The van der Waals surface area contributed by atoms with Crippen molar-refractivity contribution in [2.75, 3.05) is 7.11 Å². The van der Waals surface area contributed by atoms with E-state index in [1.54, 1.807) is 7.11 Å². The molecule has 0 spiro atoms. The Labute approximate surface area is 156 Å². The van der Waals surface area contributed by atoms with Gasteiger partial charge in [0.05, 0.1) is 13.2 Å². The molecule has 0 aliphatic carbocycles. The molecule has 0 fully saturated rings. The fraction of sp³-hybridized carbons (Fsp3) is 0.409. The molecule has 4 heteroatoms. The third kappa shape index (κ3) is 5.51. The molecule has 0 aliphatic heterocycles. The van der Waals surface area contributed by atoms with Crippen molar-refractivity contribution in [2.24, 2.45) is 5.92 Å². The summed E-state index contributed by atoms with van der Waals surface area (Å²) in [6.45, 7) is 6.26. The summed E-state index contributed by atoms with van der Waals surface area (Å²) in [5, 5.41) is 3.17. The van der Waals surface area contributed by atoms with Crippen molar-refractivity contribution >= 4 is 5.91 Å². The Morgan fingerprint density at radius 1 is 1.00 bits per heavy atom. The molecule has 2 aromatic carbocycles. The maximum absolute atomic E-state index is 12.9. The lowest BCUT2D eigenvalue weighted by Gasteiger charge is -2.25. The topological polar surface area (TPSA) is 47.6 Å². The zero-order valence-corrected chi connectivity index (χ0v) is 16.1. The van der Waals surface area contributed by atoms with Gasteiger partial charge in [0.1, 0.15) is 0 Å². The van der Waals surface area contributed by atoms with E-state index >= 15 is 0 Å². The average molecular weight is 355 g/mol. The van der Waals surface area contributed by atoms with Crippen LogP contribution in [0.2, 0.25) is 0 Å². The Hall–Kier alpha value is -2.49. The van der Waals surface area contributed by atoms with E-state index in [1.165, 1.54) is 0 Å². The summed E-state index contributed by atoms with van der Waals surface area (Å²) in [7, 11) is 1.59. The zero-order valence-electron chi connectivity index (χ0n) is 16.1. The highest BCUT2D eigenvalue weighted by molar-refractivity contribution is 5.81. The first-order valence-electron chi connectivity index (χ1n) is 9.20. The Kier molecular flexibility index (Phi) is 7.52. The molecule has 26 heavy (non-hydrogen) atoms. The van der Waals surface area contributed by atoms with E-state index in [0.717, 1.165) is 12.0 Å². The van der Waals surface area contributed by atoms with E-state index in [1.807, 2.05) is 49.4 Å². The minimum absolute atomic E-state index is 0.0287. The van der Waals surface area contributed by atoms with Gasteiger partial charge < -0.3 is 14.8 Å². The van der Waals surface area contributed by atoms with Crippen molar-refractivity contribution in [2.45, 2.75) is 45.8 Å². The van der Waals surface area contributed by atoms with E-state index in [2.05, 4.69) is 31.3 Å². The van der Waals surface area contributed by atoms with Gasteiger partial charge in [0.2, 0.25) is 0 Å². The number of carbonyl (C=O) groups is 1. The normalized spacial score (nSPS) is 13.1. The van der Waals surface area contributed by atoms with Gasteiger partial charge in [-0.3, -0.25) is 4.79 Å². The molecule has 2 aromatic rings. The van der Waals surface area contributed by atoms with Gasteiger partial charge >= 0.3 is 0 Å². The summed E-state index contributed by atoms with van der Waals surface area (Å²) in [5.74, 6) is 1.57. The van der Waals surface area contributed by atoms with Crippen LogP contribution in [0.25, 0.3) is 0 Å². The summed E-state index contributed by atoms with van der Waals surface area (Å²) >= 11 is 0. The van der Waals surface area contributed by atoms with Gasteiger partial charge in [-0.05, 0) is 36.5 Å². The maximum atomic E-state index is 12.9. The molecular formula is C22H29NO3. The third-order valence-electron chi connectivity index (χ3n) is 4.23. The van der Waals surface area contributed by atoms with Crippen LogP contribution in [-0.4, -0.2) is 19.1 Å². The summed E-state index contributed by atoms with van der Waals surface area (Å²) in [6.07, 6.45) is 0.887. The monoisotopic (exact) mass is 355 g/mol. The van der Waals surface area contributed by atoms with Crippen LogP contribution >= 0.6 is 0 Å². The SMILES string of the molecule is CC[C@@H](Oc1ccccc1OC)C(=O)N[C@@H](CC(C)C)c1ccccc1. The number of para-hydroxylation sites is 2. The first kappa shape index (κ1) is 19.8. The molecule has 1 amide bonds. The molecule has 0 aromatic heterocycles. The highest BCUT2D eigenvalue weighted by Crippen LogP contribution is 2.28. The number of nitrogens with one attached hydrogen (secondary N) is 1. The van der Waals surface area contributed by atoms with Crippen LogP contribution in [0.4, 0.5) is 0 Å². The lowest BCUT2D eigenvalue weighted by molar-refractivity contribution is -0.129. The highest BCUT2D eigenvalue weighted by atomic mass is 16.5. The van der Waals surface area contributed by atoms with Crippen LogP contribution in [0.5, 0.6) is 11.5 Å². The smallest absolute Gasteiger partial charge is 0.261 e. The summed E-state index contributed by atoms with van der Waals surface area (Å²) in [6, 6.07) is 17.4. The number of hydrogen-bond acceptors (Lipinski definition) is 3. The molecule has 0 radical (unpaired) electrons. The molecule has 140 valence electrons. The number of carbonyl (C=O) groups excluding carboxylic acids is 1. The van der Waals surface area contributed by atoms with Gasteiger partial charge in [0.15, 0.2) is 17.6 Å².